The Morgan fingerprint density at radius 2 is 1.78 bits per heavy atom. The Kier molecular flexibility index (Phi) is 9.42. The summed E-state index contributed by atoms with van der Waals surface area (Å²) in [4.78, 5) is 14.2. The van der Waals surface area contributed by atoms with Crippen LogP contribution in [0.4, 0.5) is 13.2 Å². The number of benzene rings is 2. The number of rotatable bonds is 8. The number of aliphatic hydroxyl groups is 1. The zero-order chi connectivity index (χ0) is 26.3. The normalized spacial score (nSPS) is 25.0. The summed E-state index contributed by atoms with van der Waals surface area (Å²) in [6.07, 6.45) is -5.61. The van der Waals surface area contributed by atoms with Gasteiger partial charge in [0.15, 0.2) is 0 Å². The van der Waals surface area contributed by atoms with Gasteiger partial charge in [0.05, 0.1) is 44.4 Å². The van der Waals surface area contributed by atoms with Crippen molar-refractivity contribution in [3.63, 3.8) is 0 Å². The van der Waals surface area contributed by atoms with E-state index in [9.17, 15) is 23.1 Å². The lowest BCUT2D eigenvalue weighted by atomic mass is 9.94. The number of β-amino-alcohol motifs (C(OH)–C–C–N with tert-alkyl or cyclic N) is 1. The fourth-order valence-electron chi connectivity index (χ4n) is 4.75. The monoisotopic (exact) mass is 522 g/mol. The highest BCUT2D eigenvalue weighted by atomic mass is 19.4. The summed E-state index contributed by atoms with van der Waals surface area (Å²) in [5.74, 6) is 1.28. The molecule has 202 valence electrons. The average Bonchev–Trinajstić information content (AvgIpc) is 2.85. The Morgan fingerprint density at radius 3 is 2.51 bits per heavy atom. The minimum atomic E-state index is -4.27. The van der Waals surface area contributed by atoms with E-state index in [1.54, 1.807) is 4.90 Å². The van der Waals surface area contributed by atoms with Crippen molar-refractivity contribution in [1.29, 1.82) is 0 Å². The van der Waals surface area contributed by atoms with Gasteiger partial charge in [0.25, 0.3) is 0 Å². The number of nitrogens with zero attached hydrogens (tertiary/aromatic N) is 1. The molecule has 0 aliphatic carbocycles. The number of hydrogen-bond donors (Lipinski definition) is 2. The highest BCUT2D eigenvalue weighted by molar-refractivity contribution is 5.76. The molecule has 1 amide bonds. The molecule has 0 aromatic heterocycles. The van der Waals surface area contributed by atoms with E-state index in [2.05, 4.69) is 5.32 Å². The van der Waals surface area contributed by atoms with Crippen LogP contribution in [0.2, 0.25) is 0 Å². The molecule has 10 heteroatoms. The molecule has 0 saturated carbocycles. The molecule has 2 aliphatic rings. The molecule has 7 nitrogen and oxygen atoms in total. The van der Waals surface area contributed by atoms with Gasteiger partial charge in [-0.2, -0.15) is 13.2 Å². The van der Waals surface area contributed by atoms with Crippen molar-refractivity contribution in [2.45, 2.75) is 62.8 Å². The number of carbonyl (C=O) groups excluding carboxylic acids is 1. The number of carbonyl (C=O) groups is 1. The van der Waals surface area contributed by atoms with Crippen molar-refractivity contribution in [2.75, 3.05) is 26.3 Å². The number of aliphatic hydroxyl groups excluding tert-OH is 1. The number of halogens is 3. The second-order valence-electron chi connectivity index (χ2n) is 9.53. The van der Waals surface area contributed by atoms with Gasteiger partial charge >= 0.3 is 6.18 Å². The molecule has 4 rings (SSSR count). The number of para-hydroxylation sites is 1. The van der Waals surface area contributed by atoms with Crippen LogP contribution < -0.4 is 10.1 Å². The highest BCUT2D eigenvalue weighted by Gasteiger charge is 2.39. The molecule has 2 aromatic carbocycles. The molecule has 2 fully saturated rings. The molecule has 2 aliphatic heterocycles. The van der Waals surface area contributed by atoms with Crippen LogP contribution in [-0.2, 0) is 20.8 Å². The number of nitrogens with one attached hydrogen (secondary N) is 1. The Balaban J connectivity index is 1.25. The lowest BCUT2D eigenvalue weighted by molar-refractivity contribution is -0.169. The van der Waals surface area contributed by atoms with Crippen molar-refractivity contribution in [2.24, 2.45) is 0 Å². The smallest absolute Gasteiger partial charge is 0.390 e. The SMILES string of the molecule is O=C(C[C@@H]1CC[C@@H]2[C@H](COC[C@H](O)CN2CCC(F)(F)F)O1)NCc1ccc(Oc2ccccc2)cc1. The van der Waals surface area contributed by atoms with E-state index in [1.165, 1.54) is 0 Å². The van der Waals surface area contributed by atoms with Gasteiger partial charge in [0.1, 0.15) is 11.5 Å². The van der Waals surface area contributed by atoms with Gasteiger partial charge in [-0.05, 0) is 42.7 Å². The van der Waals surface area contributed by atoms with Crippen LogP contribution in [-0.4, -0.2) is 72.7 Å². The van der Waals surface area contributed by atoms with Gasteiger partial charge < -0.3 is 24.6 Å². The van der Waals surface area contributed by atoms with E-state index < -0.39 is 24.8 Å². The molecule has 2 N–H and O–H groups in total. The highest BCUT2D eigenvalue weighted by Crippen LogP contribution is 2.29. The number of fused-ring (bicyclic) bond motifs is 1. The third kappa shape index (κ3) is 8.70. The maximum Gasteiger partial charge on any atom is 0.390 e. The van der Waals surface area contributed by atoms with E-state index in [4.69, 9.17) is 14.2 Å². The molecule has 2 saturated heterocycles. The zero-order valence-corrected chi connectivity index (χ0v) is 20.5. The Morgan fingerprint density at radius 1 is 1.05 bits per heavy atom. The number of ether oxygens (including phenoxy) is 3. The first-order valence-electron chi connectivity index (χ1n) is 12.6. The molecule has 0 unspecified atom stereocenters. The van der Waals surface area contributed by atoms with Gasteiger partial charge in [0.2, 0.25) is 5.91 Å². The Bertz CT molecular complexity index is 990. The van der Waals surface area contributed by atoms with E-state index in [-0.39, 0.29) is 50.8 Å². The first-order valence-corrected chi connectivity index (χ1v) is 12.6. The van der Waals surface area contributed by atoms with E-state index in [0.717, 1.165) is 11.3 Å². The second kappa shape index (κ2) is 12.7. The Hall–Kier alpha value is -2.66. The first-order chi connectivity index (χ1) is 17.7. The fourth-order valence-corrected chi connectivity index (χ4v) is 4.75. The minimum absolute atomic E-state index is 0.0371. The third-order valence-corrected chi connectivity index (χ3v) is 6.57. The summed E-state index contributed by atoms with van der Waals surface area (Å²) >= 11 is 0. The molecule has 0 bridgehead atoms. The van der Waals surface area contributed by atoms with Crippen molar-refractivity contribution >= 4 is 5.91 Å². The van der Waals surface area contributed by atoms with Crippen molar-refractivity contribution < 1.29 is 37.3 Å². The first kappa shape index (κ1) is 27.4. The van der Waals surface area contributed by atoms with Crippen LogP contribution >= 0.6 is 0 Å². The van der Waals surface area contributed by atoms with Crippen molar-refractivity contribution in [3.8, 4) is 11.5 Å². The van der Waals surface area contributed by atoms with Crippen molar-refractivity contribution in [3.05, 3.63) is 60.2 Å². The van der Waals surface area contributed by atoms with Gasteiger partial charge in [-0.3, -0.25) is 9.69 Å². The summed E-state index contributed by atoms with van der Waals surface area (Å²) < 4.78 is 55.9. The van der Waals surface area contributed by atoms with Crippen LogP contribution in [0.3, 0.4) is 0 Å². The second-order valence-corrected chi connectivity index (χ2v) is 9.53. The van der Waals surface area contributed by atoms with Crippen LogP contribution in [0.15, 0.2) is 54.6 Å². The standard InChI is InChI=1S/C27H33F3N2O5/c28-27(29,30)12-13-32-16-20(33)17-35-18-25-24(32)11-10-23(37-25)14-26(34)31-15-19-6-8-22(9-7-19)36-21-4-2-1-3-5-21/h1-9,20,23-25,33H,10-18H2,(H,31,34)/t20-,23+,24-,25+/m1/s1. The van der Waals surface area contributed by atoms with E-state index in [1.807, 2.05) is 54.6 Å². The maximum absolute atomic E-state index is 12.8. The van der Waals surface area contributed by atoms with Crippen LogP contribution in [0, 0.1) is 0 Å². The zero-order valence-electron chi connectivity index (χ0n) is 20.5. The molecule has 4 atom stereocenters. The maximum atomic E-state index is 12.8. The molecule has 2 heterocycles. The molecular weight excluding hydrogens is 489 g/mol. The van der Waals surface area contributed by atoms with Gasteiger partial charge in [-0.25, -0.2) is 0 Å². The third-order valence-electron chi connectivity index (χ3n) is 6.57. The van der Waals surface area contributed by atoms with Gasteiger partial charge in [0, 0.05) is 25.7 Å². The van der Waals surface area contributed by atoms with Gasteiger partial charge in [-0.15, -0.1) is 0 Å². The number of amides is 1. The topological polar surface area (TPSA) is 80.3 Å². The predicted molar refractivity (Wildman–Crippen MR) is 130 cm³/mol. The van der Waals surface area contributed by atoms with Crippen molar-refractivity contribution in [1.82, 2.24) is 10.2 Å². The summed E-state index contributed by atoms with van der Waals surface area (Å²) in [5.41, 5.74) is 0.922. The van der Waals surface area contributed by atoms with Crippen LogP contribution in [0.1, 0.15) is 31.2 Å². The number of alkyl halides is 3. The predicted octanol–water partition coefficient (Wildman–Crippen LogP) is 4.05. The molecular formula is C27H33F3N2O5. The molecule has 2 aromatic rings. The van der Waals surface area contributed by atoms with E-state index in [0.29, 0.717) is 25.1 Å². The average molecular weight is 523 g/mol. The summed E-state index contributed by atoms with van der Waals surface area (Å²) in [6.45, 7) is 0.455. The lowest BCUT2D eigenvalue weighted by Gasteiger charge is -2.44. The quantitative estimate of drug-likeness (QED) is 0.545. The summed E-state index contributed by atoms with van der Waals surface area (Å²) in [6, 6.07) is 16.6. The summed E-state index contributed by atoms with van der Waals surface area (Å²) in [5, 5.41) is 13.0. The molecule has 37 heavy (non-hydrogen) atoms. The number of hydrogen-bond acceptors (Lipinski definition) is 6. The fraction of sp³-hybridized carbons (Fsp3) is 0.519. The molecule has 0 spiro atoms. The largest absolute Gasteiger partial charge is 0.457 e. The lowest BCUT2D eigenvalue weighted by Crippen LogP contribution is -2.56. The van der Waals surface area contributed by atoms with E-state index >= 15 is 0 Å². The minimum Gasteiger partial charge on any atom is -0.457 e. The van der Waals surface area contributed by atoms with Crippen LogP contribution in [0.5, 0.6) is 11.5 Å². The molecule has 0 radical (unpaired) electrons. The van der Waals surface area contributed by atoms with Gasteiger partial charge in [-0.1, -0.05) is 30.3 Å². The Labute approximate surface area is 214 Å². The van der Waals surface area contributed by atoms with Crippen LogP contribution in [0.25, 0.3) is 0 Å². The summed E-state index contributed by atoms with van der Waals surface area (Å²) in [7, 11) is 0.